The number of hydrogen-bond acceptors (Lipinski definition) is 10. The van der Waals surface area contributed by atoms with Crippen molar-refractivity contribution in [2.45, 2.75) is 24.9 Å². The maximum absolute atomic E-state index is 14.0. The summed E-state index contributed by atoms with van der Waals surface area (Å²) in [4.78, 5) is 87.5. The van der Waals surface area contributed by atoms with E-state index in [1.807, 2.05) is 12.1 Å². The molecule has 0 aliphatic carbocycles. The van der Waals surface area contributed by atoms with Crippen LogP contribution in [0.2, 0.25) is 0 Å². The Bertz CT molecular complexity index is 1400. The van der Waals surface area contributed by atoms with Gasteiger partial charge in [-0.25, -0.2) is 0 Å². The van der Waals surface area contributed by atoms with Crippen molar-refractivity contribution < 1.29 is 43.3 Å². The van der Waals surface area contributed by atoms with Gasteiger partial charge in [0, 0.05) is 62.9 Å². The average Bonchev–Trinajstić information content (AvgIpc) is 3.06. The van der Waals surface area contributed by atoms with Crippen LogP contribution in [0.3, 0.4) is 0 Å². The Morgan fingerprint density at radius 1 is 0.957 bits per heavy atom. The van der Waals surface area contributed by atoms with Gasteiger partial charge >= 0.3 is 11.9 Å². The standard InChI is InChI=1S/C30H36N6O9.ClH/c1-44-22-5-3-20(4-6-22)28(41)32-23(17-25(37)34-13-11-33(12-14-34)21-7-9-31-10-8-21)29(42)36-16-15-35(19-26(38)39)30(43)24(36)18-27(40)45-2;/h3-10,23-24H,11-19H2,1-2H3,(H,32,41)(H,38,39);1H/t23?,24-;/m0./s1. The van der Waals surface area contributed by atoms with Crippen LogP contribution in [-0.2, 0) is 28.7 Å². The first-order valence-electron chi connectivity index (χ1n) is 14.4. The van der Waals surface area contributed by atoms with Gasteiger partial charge in [0.2, 0.25) is 17.7 Å². The number of carbonyl (C=O) groups is 6. The summed E-state index contributed by atoms with van der Waals surface area (Å²) in [6.45, 7) is 1.02. The van der Waals surface area contributed by atoms with Crippen molar-refractivity contribution >= 4 is 53.7 Å². The SMILES string of the molecule is COC(=O)C[C@H]1C(=O)N(CC(=O)O)CCN1C(=O)C(CC(=O)N1CCN(c2ccncc2)CC1)NC(=O)c1ccc(OC)cc1.Cl. The number of aliphatic carboxylic acids is 1. The van der Waals surface area contributed by atoms with Crippen molar-refractivity contribution in [1.29, 1.82) is 0 Å². The highest BCUT2D eigenvalue weighted by Crippen LogP contribution is 2.20. The van der Waals surface area contributed by atoms with Gasteiger partial charge in [0.25, 0.3) is 5.91 Å². The molecule has 16 heteroatoms. The molecule has 4 amide bonds. The molecule has 46 heavy (non-hydrogen) atoms. The van der Waals surface area contributed by atoms with Crippen molar-refractivity contribution in [1.82, 2.24) is 25.0 Å². The average molecular weight is 661 g/mol. The molecule has 2 aliphatic rings. The molecule has 3 heterocycles. The number of benzene rings is 1. The number of nitrogens with one attached hydrogen (secondary N) is 1. The predicted octanol–water partition coefficient (Wildman–Crippen LogP) is 0.0364. The quantitative estimate of drug-likeness (QED) is 0.311. The number of halogens is 1. The van der Waals surface area contributed by atoms with Gasteiger partial charge < -0.3 is 39.5 Å². The van der Waals surface area contributed by atoms with Crippen LogP contribution in [0.4, 0.5) is 5.69 Å². The third-order valence-corrected chi connectivity index (χ3v) is 7.78. The zero-order valence-electron chi connectivity index (χ0n) is 25.5. The number of carboxylic acid groups (broad SMARTS) is 1. The minimum Gasteiger partial charge on any atom is -0.497 e. The van der Waals surface area contributed by atoms with Crippen molar-refractivity contribution in [2.24, 2.45) is 0 Å². The largest absolute Gasteiger partial charge is 0.497 e. The van der Waals surface area contributed by atoms with E-state index in [2.05, 4.69) is 15.2 Å². The van der Waals surface area contributed by atoms with Gasteiger partial charge in [0.1, 0.15) is 24.4 Å². The molecule has 1 aromatic heterocycles. The lowest BCUT2D eigenvalue weighted by Crippen LogP contribution is -2.63. The van der Waals surface area contributed by atoms with E-state index in [0.717, 1.165) is 22.6 Å². The highest BCUT2D eigenvalue weighted by Gasteiger charge is 2.42. The molecular formula is C30H37ClN6O9. The third-order valence-electron chi connectivity index (χ3n) is 7.78. The zero-order chi connectivity index (χ0) is 32.5. The number of esters is 1. The number of hydrogen-bond donors (Lipinski definition) is 2. The Morgan fingerprint density at radius 3 is 2.20 bits per heavy atom. The summed E-state index contributed by atoms with van der Waals surface area (Å²) in [6.07, 6.45) is 2.45. The van der Waals surface area contributed by atoms with E-state index in [9.17, 15) is 33.9 Å². The third kappa shape index (κ3) is 8.84. The summed E-state index contributed by atoms with van der Waals surface area (Å²) in [6, 6.07) is 7.15. The molecule has 2 saturated heterocycles. The topological polar surface area (TPSA) is 179 Å². The number of ether oxygens (including phenoxy) is 2. The number of rotatable bonds is 11. The van der Waals surface area contributed by atoms with Gasteiger partial charge in [-0.3, -0.25) is 33.8 Å². The minimum atomic E-state index is -1.38. The fourth-order valence-corrected chi connectivity index (χ4v) is 5.32. The van der Waals surface area contributed by atoms with E-state index in [0.29, 0.717) is 31.9 Å². The Hall–Kier alpha value is -4.92. The summed E-state index contributed by atoms with van der Waals surface area (Å²) in [7, 11) is 2.61. The molecule has 0 saturated carbocycles. The smallest absolute Gasteiger partial charge is 0.323 e. The second-order valence-corrected chi connectivity index (χ2v) is 10.5. The van der Waals surface area contributed by atoms with Crippen LogP contribution >= 0.6 is 12.4 Å². The molecule has 0 bridgehead atoms. The van der Waals surface area contributed by atoms with E-state index < -0.39 is 61.1 Å². The van der Waals surface area contributed by atoms with Gasteiger partial charge in [-0.1, -0.05) is 0 Å². The van der Waals surface area contributed by atoms with Crippen LogP contribution in [0.25, 0.3) is 0 Å². The summed E-state index contributed by atoms with van der Waals surface area (Å²) < 4.78 is 9.86. The van der Waals surface area contributed by atoms with Crippen LogP contribution < -0.4 is 15.0 Å². The molecule has 248 valence electrons. The van der Waals surface area contributed by atoms with E-state index in [1.165, 1.54) is 19.2 Å². The van der Waals surface area contributed by atoms with E-state index in [-0.39, 0.29) is 37.0 Å². The van der Waals surface area contributed by atoms with E-state index >= 15 is 0 Å². The Labute approximate surface area is 271 Å². The van der Waals surface area contributed by atoms with E-state index in [1.54, 1.807) is 29.4 Å². The van der Waals surface area contributed by atoms with Gasteiger partial charge in [-0.15, -0.1) is 12.4 Å². The van der Waals surface area contributed by atoms with Crippen LogP contribution in [0.1, 0.15) is 23.2 Å². The molecule has 0 radical (unpaired) electrons. The van der Waals surface area contributed by atoms with Crippen LogP contribution in [0.5, 0.6) is 5.75 Å². The highest BCUT2D eigenvalue weighted by molar-refractivity contribution is 6.01. The maximum atomic E-state index is 14.0. The predicted molar refractivity (Wildman–Crippen MR) is 165 cm³/mol. The number of methoxy groups -OCH3 is 2. The lowest BCUT2D eigenvalue weighted by Gasteiger charge is -2.41. The van der Waals surface area contributed by atoms with Crippen LogP contribution in [0, 0.1) is 0 Å². The second kappa shape index (κ2) is 16.4. The molecule has 1 aromatic carbocycles. The molecule has 2 N–H and O–H groups in total. The van der Waals surface area contributed by atoms with E-state index in [4.69, 9.17) is 9.47 Å². The van der Waals surface area contributed by atoms with Gasteiger partial charge in [-0.2, -0.15) is 0 Å². The number of piperazine rings is 2. The minimum absolute atomic E-state index is 0. The molecule has 2 aromatic rings. The number of nitrogens with zero attached hydrogens (tertiary/aromatic N) is 5. The number of carbonyl (C=O) groups excluding carboxylic acids is 5. The van der Waals surface area contributed by atoms with Gasteiger partial charge in [0.05, 0.1) is 27.1 Å². The number of anilines is 1. The Morgan fingerprint density at radius 2 is 1.61 bits per heavy atom. The second-order valence-electron chi connectivity index (χ2n) is 10.5. The molecular weight excluding hydrogens is 624 g/mol. The zero-order valence-corrected chi connectivity index (χ0v) is 26.3. The first kappa shape index (κ1) is 35.6. The van der Waals surface area contributed by atoms with Gasteiger partial charge in [-0.05, 0) is 36.4 Å². The summed E-state index contributed by atoms with van der Waals surface area (Å²) >= 11 is 0. The lowest BCUT2D eigenvalue weighted by molar-refractivity contribution is -0.159. The van der Waals surface area contributed by atoms with Gasteiger partial charge in [0.15, 0.2) is 0 Å². The van der Waals surface area contributed by atoms with Crippen LogP contribution in [0.15, 0.2) is 48.8 Å². The summed E-state index contributed by atoms with van der Waals surface area (Å²) in [5.41, 5.74) is 1.18. The van der Waals surface area contributed by atoms with Crippen molar-refractivity contribution in [3.8, 4) is 5.75 Å². The molecule has 2 atom stereocenters. The molecule has 4 rings (SSSR count). The van der Waals surface area contributed by atoms with Crippen molar-refractivity contribution in [3.05, 3.63) is 54.4 Å². The normalized spacial score (nSPS) is 17.0. The number of pyridine rings is 1. The first-order valence-corrected chi connectivity index (χ1v) is 14.4. The van der Waals surface area contributed by atoms with Crippen LogP contribution in [-0.4, -0.2) is 132 Å². The Kier molecular flexibility index (Phi) is 12.7. The molecule has 2 fully saturated rings. The fourth-order valence-electron chi connectivity index (χ4n) is 5.32. The Balaban J connectivity index is 0.00000576. The van der Waals surface area contributed by atoms with Crippen molar-refractivity contribution in [2.75, 3.05) is 64.9 Å². The summed E-state index contributed by atoms with van der Waals surface area (Å²) in [5, 5.41) is 11.9. The lowest BCUT2D eigenvalue weighted by atomic mass is 10.0. The number of carboxylic acids is 1. The first-order chi connectivity index (χ1) is 21.6. The molecule has 1 unspecified atom stereocenters. The maximum Gasteiger partial charge on any atom is 0.323 e. The fraction of sp³-hybridized carbons (Fsp3) is 0.433. The number of amides is 4. The van der Waals surface area contributed by atoms with Crippen molar-refractivity contribution in [3.63, 3.8) is 0 Å². The molecule has 15 nitrogen and oxygen atoms in total. The monoisotopic (exact) mass is 660 g/mol. The molecule has 2 aliphatic heterocycles. The highest BCUT2D eigenvalue weighted by atomic mass is 35.5. The number of aromatic nitrogens is 1. The molecule has 0 spiro atoms. The summed E-state index contributed by atoms with van der Waals surface area (Å²) in [5.74, 6) is -4.03.